The third-order valence-electron chi connectivity index (χ3n) is 1.89. The molecule has 0 aromatic heterocycles. The molecular formula is C10H13NO3S. The first-order chi connectivity index (χ1) is 6.95. The fourth-order valence-corrected chi connectivity index (χ4v) is 1.71. The molecule has 0 atom stereocenters. The second-order valence-electron chi connectivity index (χ2n) is 3.11. The Morgan fingerprint density at radius 2 is 2.20 bits per heavy atom. The van der Waals surface area contributed by atoms with Gasteiger partial charge in [-0.25, -0.2) is 13.6 Å². The summed E-state index contributed by atoms with van der Waals surface area (Å²) < 4.78 is 27.1. The maximum absolute atomic E-state index is 11.1. The summed E-state index contributed by atoms with van der Waals surface area (Å²) >= 11 is 0. The summed E-state index contributed by atoms with van der Waals surface area (Å²) in [5.41, 5.74) is 1.42. The van der Waals surface area contributed by atoms with Gasteiger partial charge in [0.1, 0.15) is 0 Å². The molecule has 4 nitrogen and oxygen atoms in total. The molecule has 1 aromatic rings. The summed E-state index contributed by atoms with van der Waals surface area (Å²) in [7, 11) is -2.11. The number of hydrogen-bond acceptors (Lipinski definition) is 3. The zero-order chi connectivity index (χ0) is 11.5. The van der Waals surface area contributed by atoms with Gasteiger partial charge in [0.05, 0.1) is 11.5 Å². The average molecular weight is 227 g/mol. The molecule has 0 saturated carbocycles. The molecular weight excluding hydrogens is 214 g/mol. The maximum atomic E-state index is 11.1. The van der Waals surface area contributed by atoms with E-state index >= 15 is 0 Å². The molecule has 5 heteroatoms. The van der Waals surface area contributed by atoms with Crippen LogP contribution in [0.2, 0.25) is 0 Å². The Hall–Kier alpha value is -1.17. The molecule has 82 valence electrons. The van der Waals surface area contributed by atoms with Gasteiger partial charge in [-0.3, -0.25) is 0 Å². The van der Waals surface area contributed by atoms with E-state index in [0.717, 1.165) is 0 Å². The molecule has 0 unspecified atom stereocenters. The van der Waals surface area contributed by atoms with E-state index in [2.05, 4.69) is 6.58 Å². The Morgan fingerprint density at radius 1 is 1.53 bits per heavy atom. The monoisotopic (exact) mass is 227 g/mol. The van der Waals surface area contributed by atoms with Crippen LogP contribution in [0.3, 0.4) is 0 Å². The number of rotatable bonds is 4. The van der Waals surface area contributed by atoms with Crippen LogP contribution in [-0.2, 0) is 14.8 Å². The van der Waals surface area contributed by atoms with Crippen molar-refractivity contribution in [2.45, 2.75) is 4.90 Å². The van der Waals surface area contributed by atoms with Crippen LogP contribution in [0, 0.1) is 0 Å². The number of ether oxygens (including phenoxy) is 1. The molecule has 0 saturated heterocycles. The fraction of sp³-hybridized carbons (Fsp3) is 0.200. The lowest BCUT2D eigenvalue weighted by Gasteiger charge is -2.06. The Morgan fingerprint density at radius 3 is 2.73 bits per heavy atom. The maximum Gasteiger partial charge on any atom is 0.238 e. The van der Waals surface area contributed by atoms with Crippen LogP contribution in [0.25, 0.3) is 5.57 Å². The predicted octanol–water partition coefficient (Wildman–Crippen LogP) is 0.994. The lowest BCUT2D eigenvalue weighted by atomic mass is 10.1. The van der Waals surface area contributed by atoms with E-state index in [0.29, 0.717) is 17.7 Å². The first-order valence-corrected chi connectivity index (χ1v) is 5.79. The van der Waals surface area contributed by atoms with Gasteiger partial charge in [-0.2, -0.15) is 0 Å². The van der Waals surface area contributed by atoms with E-state index in [-0.39, 0.29) is 4.90 Å². The highest BCUT2D eigenvalue weighted by atomic mass is 32.2. The molecule has 0 aliphatic carbocycles. The standard InChI is InChI=1S/C10H13NO3S/c1-8(7-14-2)9-4-3-5-10(6-9)15(11,12)13/h3-6H,1,7H2,2H3,(H2,11,12,13). The Labute approximate surface area is 89.4 Å². The van der Waals surface area contributed by atoms with E-state index in [1.807, 2.05) is 0 Å². The smallest absolute Gasteiger partial charge is 0.238 e. The van der Waals surface area contributed by atoms with Crippen molar-refractivity contribution in [1.29, 1.82) is 0 Å². The summed E-state index contributed by atoms with van der Waals surface area (Å²) in [6.45, 7) is 4.13. The molecule has 15 heavy (non-hydrogen) atoms. The van der Waals surface area contributed by atoms with Gasteiger partial charge in [0.15, 0.2) is 0 Å². The van der Waals surface area contributed by atoms with Gasteiger partial charge < -0.3 is 4.74 Å². The van der Waals surface area contributed by atoms with E-state index in [1.165, 1.54) is 12.1 Å². The minimum absolute atomic E-state index is 0.0808. The van der Waals surface area contributed by atoms with Crippen LogP contribution in [-0.4, -0.2) is 22.1 Å². The first-order valence-electron chi connectivity index (χ1n) is 4.25. The minimum atomic E-state index is -3.66. The highest BCUT2D eigenvalue weighted by molar-refractivity contribution is 7.89. The van der Waals surface area contributed by atoms with E-state index in [4.69, 9.17) is 9.88 Å². The Balaban J connectivity index is 3.09. The second kappa shape index (κ2) is 4.57. The molecule has 0 aliphatic heterocycles. The van der Waals surface area contributed by atoms with Crippen molar-refractivity contribution in [3.8, 4) is 0 Å². The summed E-state index contributed by atoms with van der Waals surface area (Å²) in [6.07, 6.45) is 0. The second-order valence-corrected chi connectivity index (χ2v) is 4.67. The molecule has 1 rings (SSSR count). The van der Waals surface area contributed by atoms with Crippen LogP contribution in [0.1, 0.15) is 5.56 Å². The van der Waals surface area contributed by atoms with Gasteiger partial charge >= 0.3 is 0 Å². The molecule has 0 fully saturated rings. The third kappa shape index (κ3) is 3.16. The van der Waals surface area contributed by atoms with Crippen LogP contribution in [0.5, 0.6) is 0 Å². The van der Waals surface area contributed by atoms with Gasteiger partial charge in [0.25, 0.3) is 0 Å². The first kappa shape index (κ1) is 11.9. The lowest BCUT2D eigenvalue weighted by Crippen LogP contribution is -2.12. The topological polar surface area (TPSA) is 69.4 Å². The average Bonchev–Trinajstić information content (AvgIpc) is 2.17. The zero-order valence-corrected chi connectivity index (χ0v) is 9.25. The van der Waals surface area contributed by atoms with Crippen LogP contribution < -0.4 is 5.14 Å². The summed E-state index contributed by atoms with van der Waals surface area (Å²) in [5, 5.41) is 5.01. The number of sulfonamides is 1. The normalized spacial score (nSPS) is 11.3. The molecule has 0 bridgehead atoms. The van der Waals surface area contributed by atoms with Crippen molar-refractivity contribution in [2.24, 2.45) is 5.14 Å². The number of nitrogens with two attached hydrogens (primary N) is 1. The van der Waals surface area contributed by atoms with Gasteiger partial charge in [-0.1, -0.05) is 18.7 Å². The number of hydrogen-bond donors (Lipinski definition) is 1. The molecule has 1 aromatic carbocycles. The van der Waals surface area contributed by atoms with Gasteiger partial charge in [0, 0.05) is 7.11 Å². The summed E-state index contributed by atoms with van der Waals surface area (Å²) in [6, 6.07) is 6.31. The summed E-state index contributed by atoms with van der Waals surface area (Å²) in [4.78, 5) is 0.0808. The van der Waals surface area contributed by atoms with Crippen molar-refractivity contribution in [2.75, 3.05) is 13.7 Å². The lowest BCUT2D eigenvalue weighted by molar-refractivity contribution is 0.240. The van der Waals surface area contributed by atoms with Crippen molar-refractivity contribution >= 4 is 15.6 Å². The van der Waals surface area contributed by atoms with Gasteiger partial charge in [-0.15, -0.1) is 0 Å². The minimum Gasteiger partial charge on any atom is -0.380 e. The zero-order valence-electron chi connectivity index (χ0n) is 8.43. The molecule has 0 heterocycles. The number of benzene rings is 1. The number of primary sulfonamides is 1. The van der Waals surface area contributed by atoms with Gasteiger partial charge in [-0.05, 0) is 23.3 Å². The van der Waals surface area contributed by atoms with Crippen LogP contribution in [0.15, 0.2) is 35.7 Å². The Kier molecular flexibility index (Phi) is 3.62. The number of methoxy groups -OCH3 is 1. The van der Waals surface area contributed by atoms with Crippen molar-refractivity contribution in [3.63, 3.8) is 0 Å². The summed E-state index contributed by atoms with van der Waals surface area (Å²) in [5.74, 6) is 0. The molecule has 0 spiro atoms. The van der Waals surface area contributed by atoms with Crippen molar-refractivity contribution in [3.05, 3.63) is 36.4 Å². The Bertz CT molecular complexity index is 465. The van der Waals surface area contributed by atoms with E-state index in [1.54, 1.807) is 19.2 Å². The highest BCUT2D eigenvalue weighted by Gasteiger charge is 2.08. The van der Waals surface area contributed by atoms with E-state index in [9.17, 15) is 8.42 Å². The molecule has 2 N–H and O–H groups in total. The van der Waals surface area contributed by atoms with Crippen LogP contribution in [0.4, 0.5) is 0 Å². The molecule has 0 amide bonds. The highest BCUT2D eigenvalue weighted by Crippen LogP contribution is 2.16. The van der Waals surface area contributed by atoms with Crippen molar-refractivity contribution < 1.29 is 13.2 Å². The SMILES string of the molecule is C=C(COC)c1cccc(S(N)(=O)=O)c1. The molecule has 0 radical (unpaired) electrons. The quantitative estimate of drug-likeness (QED) is 0.834. The van der Waals surface area contributed by atoms with E-state index < -0.39 is 10.0 Å². The van der Waals surface area contributed by atoms with Crippen LogP contribution >= 0.6 is 0 Å². The molecule has 0 aliphatic rings. The fourth-order valence-electron chi connectivity index (χ4n) is 1.15. The van der Waals surface area contributed by atoms with Crippen molar-refractivity contribution in [1.82, 2.24) is 0 Å². The largest absolute Gasteiger partial charge is 0.380 e. The predicted molar refractivity (Wildman–Crippen MR) is 58.7 cm³/mol. The van der Waals surface area contributed by atoms with Gasteiger partial charge in [0.2, 0.25) is 10.0 Å². The third-order valence-corrected chi connectivity index (χ3v) is 2.80.